The van der Waals surface area contributed by atoms with Crippen LogP contribution in [0.15, 0.2) is 78.6 Å². The van der Waals surface area contributed by atoms with Gasteiger partial charge in [0.15, 0.2) is 0 Å². The van der Waals surface area contributed by atoms with Crippen LogP contribution in [-0.4, -0.2) is 46.9 Å². The first-order chi connectivity index (χ1) is 16.6. The minimum atomic E-state index is 0.0825. The highest BCUT2D eigenvalue weighted by Crippen LogP contribution is 2.33. The summed E-state index contributed by atoms with van der Waals surface area (Å²) in [6.45, 7) is 8.44. The van der Waals surface area contributed by atoms with Crippen LogP contribution < -0.4 is 5.73 Å². The summed E-state index contributed by atoms with van der Waals surface area (Å²) in [5, 5.41) is 0. The van der Waals surface area contributed by atoms with Crippen molar-refractivity contribution in [2.24, 2.45) is 0 Å². The second-order valence-electron chi connectivity index (χ2n) is 8.79. The predicted octanol–water partition coefficient (Wildman–Crippen LogP) is 5.24. The van der Waals surface area contributed by atoms with Crippen molar-refractivity contribution in [2.45, 2.75) is 33.2 Å². The van der Waals surface area contributed by atoms with E-state index in [4.69, 9.17) is 5.73 Å². The van der Waals surface area contributed by atoms with E-state index in [1.165, 1.54) is 16.7 Å². The Bertz CT molecular complexity index is 1120. The van der Waals surface area contributed by atoms with Crippen LogP contribution in [0.2, 0.25) is 0 Å². The van der Waals surface area contributed by atoms with Crippen molar-refractivity contribution in [2.75, 3.05) is 31.9 Å². The van der Waals surface area contributed by atoms with Crippen LogP contribution in [0, 0.1) is 0 Å². The largest absolute Gasteiger partial charge is 0.399 e. The van der Waals surface area contributed by atoms with Crippen molar-refractivity contribution in [3.63, 3.8) is 0 Å². The lowest BCUT2D eigenvalue weighted by Gasteiger charge is -2.30. The van der Waals surface area contributed by atoms with Gasteiger partial charge in [-0.3, -0.25) is 14.7 Å². The van der Waals surface area contributed by atoms with Crippen molar-refractivity contribution in [3.8, 4) is 0 Å². The molecular weight excluding hydrogens is 420 g/mol. The zero-order chi connectivity index (χ0) is 23.9. The van der Waals surface area contributed by atoms with Crippen LogP contribution in [0.1, 0.15) is 53.7 Å². The number of piperidine rings is 1. The summed E-state index contributed by atoms with van der Waals surface area (Å²) in [5.74, 6) is 0.0825. The van der Waals surface area contributed by atoms with Crippen LogP contribution >= 0.6 is 0 Å². The molecule has 3 aromatic rings. The Balaban J connectivity index is 1.61. The van der Waals surface area contributed by atoms with Crippen LogP contribution in [0.25, 0.3) is 5.57 Å². The molecule has 0 radical (unpaired) electrons. The molecule has 2 N–H and O–H groups in total. The number of anilines is 1. The summed E-state index contributed by atoms with van der Waals surface area (Å²) in [6.07, 6.45) is 5.74. The van der Waals surface area contributed by atoms with Gasteiger partial charge in [-0.25, -0.2) is 0 Å². The van der Waals surface area contributed by atoms with Gasteiger partial charge in [0.05, 0.1) is 0 Å². The van der Waals surface area contributed by atoms with Crippen molar-refractivity contribution >= 4 is 17.2 Å². The number of aromatic nitrogens is 1. The van der Waals surface area contributed by atoms with Crippen molar-refractivity contribution in [3.05, 3.63) is 101 Å². The molecule has 0 atom stereocenters. The van der Waals surface area contributed by atoms with Crippen LogP contribution in [0.4, 0.5) is 5.69 Å². The molecule has 1 aliphatic rings. The average molecular weight is 455 g/mol. The molecule has 34 heavy (non-hydrogen) atoms. The van der Waals surface area contributed by atoms with Gasteiger partial charge in [-0.05, 0) is 85.4 Å². The highest BCUT2D eigenvalue weighted by atomic mass is 16.2. The number of rotatable bonds is 7. The number of amides is 1. The first-order valence-corrected chi connectivity index (χ1v) is 12.2. The fourth-order valence-corrected chi connectivity index (χ4v) is 4.72. The van der Waals surface area contributed by atoms with Crippen molar-refractivity contribution in [1.82, 2.24) is 14.8 Å². The molecule has 1 fully saturated rings. The standard InChI is InChI=1S/C29H34N4O/c1-3-33(4-2)29(34)25-10-8-23(9-11-25)28(26-6-5-7-27(30)20-26)24-14-18-32(19-15-24)21-22-12-16-31-17-13-22/h5-13,16-17,20H,3-4,14-15,18-19,21,30H2,1-2H3. The number of carbonyl (C=O) groups excluding carboxylic acids is 1. The number of nitrogens with zero attached hydrogens (tertiary/aromatic N) is 3. The molecule has 0 unspecified atom stereocenters. The number of likely N-dealkylation sites (tertiary alicyclic amines) is 1. The number of pyridine rings is 1. The summed E-state index contributed by atoms with van der Waals surface area (Å²) in [5.41, 5.74) is 13.9. The molecule has 1 aromatic heterocycles. The minimum Gasteiger partial charge on any atom is -0.399 e. The van der Waals surface area contributed by atoms with Crippen LogP contribution in [0.5, 0.6) is 0 Å². The molecule has 2 aromatic carbocycles. The monoisotopic (exact) mass is 454 g/mol. The van der Waals surface area contributed by atoms with E-state index in [1.54, 1.807) is 0 Å². The molecule has 2 heterocycles. The van der Waals surface area contributed by atoms with E-state index in [-0.39, 0.29) is 5.91 Å². The molecule has 176 valence electrons. The van der Waals surface area contributed by atoms with Crippen molar-refractivity contribution < 1.29 is 4.79 Å². The Morgan fingerprint density at radius 2 is 1.56 bits per heavy atom. The molecule has 0 spiro atoms. The van der Waals surface area contributed by atoms with Gasteiger partial charge in [-0.2, -0.15) is 0 Å². The van der Waals surface area contributed by atoms with Crippen molar-refractivity contribution in [1.29, 1.82) is 0 Å². The van der Waals surface area contributed by atoms with Gasteiger partial charge >= 0.3 is 0 Å². The van der Waals surface area contributed by atoms with E-state index in [9.17, 15) is 4.79 Å². The molecular formula is C29H34N4O. The SMILES string of the molecule is CCN(CC)C(=O)c1ccc(C(=C2CCN(Cc3ccncc3)CC2)c2cccc(N)c2)cc1. The molecule has 1 saturated heterocycles. The zero-order valence-corrected chi connectivity index (χ0v) is 20.2. The fraction of sp³-hybridized carbons (Fsp3) is 0.310. The van der Waals surface area contributed by atoms with E-state index in [1.807, 2.05) is 55.4 Å². The van der Waals surface area contributed by atoms with Crippen LogP contribution in [-0.2, 0) is 6.54 Å². The van der Waals surface area contributed by atoms with Gasteiger partial charge in [0.1, 0.15) is 0 Å². The Morgan fingerprint density at radius 1 is 0.912 bits per heavy atom. The lowest BCUT2D eigenvalue weighted by atomic mass is 9.87. The van der Waals surface area contributed by atoms with E-state index in [0.717, 1.165) is 54.9 Å². The molecule has 4 rings (SSSR count). The topological polar surface area (TPSA) is 62.5 Å². The van der Waals surface area contributed by atoms with E-state index < -0.39 is 0 Å². The number of hydrogen-bond donors (Lipinski definition) is 1. The third-order valence-corrected chi connectivity index (χ3v) is 6.62. The van der Waals surface area contributed by atoms with E-state index in [2.05, 4.69) is 46.3 Å². The van der Waals surface area contributed by atoms with Crippen LogP contribution in [0.3, 0.4) is 0 Å². The Morgan fingerprint density at radius 3 is 2.18 bits per heavy atom. The van der Waals surface area contributed by atoms with Gasteiger partial charge in [-0.15, -0.1) is 0 Å². The number of benzene rings is 2. The average Bonchev–Trinajstić information content (AvgIpc) is 2.87. The highest BCUT2D eigenvalue weighted by molar-refractivity contribution is 5.95. The molecule has 0 aliphatic carbocycles. The zero-order valence-electron chi connectivity index (χ0n) is 20.2. The van der Waals surface area contributed by atoms with Gasteiger partial charge in [0, 0.05) is 56.4 Å². The summed E-state index contributed by atoms with van der Waals surface area (Å²) in [6, 6.07) is 20.4. The van der Waals surface area contributed by atoms with Gasteiger partial charge in [0.2, 0.25) is 0 Å². The molecule has 5 nitrogen and oxygen atoms in total. The summed E-state index contributed by atoms with van der Waals surface area (Å²) >= 11 is 0. The highest BCUT2D eigenvalue weighted by Gasteiger charge is 2.20. The maximum absolute atomic E-state index is 12.8. The molecule has 1 amide bonds. The fourth-order valence-electron chi connectivity index (χ4n) is 4.72. The third kappa shape index (κ3) is 5.54. The lowest BCUT2D eigenvalue weighted by molar-refractivity contribution is 0.0773. The summed E-state index contributed by atoms with van der Waals surface area (Å²) < 4.78 is 0. The summed E-state index contributed by atoms with van der Waals surface area (Å²) in [4.78, 5) is 21.3. The second kappa shape index (κ2) is 11.1. The molecule has 0 bridgehead atoms. The maximum atomic E-state index is 12.8. The summed E-state index contributed by atoms with van der Waals surface area (Å²) in [7, 11) is 0. The van der Waals surface area contributed by atoms with E-state index in [0.29, 0.717) is 13.1 Å². The van der Waals surface area contributed by atoms with Gasteiger partial charge in [-0.1, -0.05) is 29.8 Å². The van der Waals surface area contributed by atoms with Gasteiger partial charge < -0.3 is 10.6 Å². The minimum absolute atomic E-state index is 0.0825. The quantitative estimate of drug-likeness (QED) is 0.496. The number of hydrogen-bond acceptors (Lipinski definition) is 4. The number of carbonyl (C=O) groups is 1. The Kier molecular flexibility index (Phi) is 7.76. The number of nitrogen functional groups attached to an aromatic ring is 1. The second-order valence-corrected chi connectivity index (χ2v) is 8.79. The van der Waals surface area contributed by atoms with Gasteiger partial charge in [0.25, 0.3) is 5.91 Å². The van der Waals surface area contributed by atoms with E-state index >= 15 is 0 Å². The Labute approximate surface area is 202 Å². The smallest absolute Gasteiger partial charge is 0.253 e. The lowest BCUT2D eigenvalue weighted by Crippen LogP contribution is -2.30. The number of nitrogens with two attached hydrogens (primary N) is 1. The first kappa shape index (κ1) is 23.7. The third-order valence-electron chi connectivity index (χ3n) is 6.62. The maximum Gasteiger partial charge on any atom is 0.253 e. The predicted molar refractivity (Wildman–Crippen MR) is 139 cm³/mol. The molecule has 1 aliphatic heterocycles. The normalized spacial score (nSPS) is 14.1. The Hall–Kier alpha value is -3.44. The first-order valence-electron chi connectivity index (χ1n) is 12.2. The molecule has 5 heteroatoms. The molecule has 0 saturated carbocycles.